The van der Waals surface area contributed by atoms with Crippen LogP contribution in [0.2, 0.25) is 0 Å². The maximum atomic E-state index is 11.8. The maximum absolute atomic E-state index is 11.8. The number of carbonyl (C=O) groups is 2. The van der Waals surface area contributed by atoms with E-state index in [1.54, 1.807) is 30.3 Å². The summed E-state index contributed by atoms with van der Waals surface area (Å²) in [5, 5.41) is 9.04. The van der Waals surface area contributed by atoms with Gasteiger partial charge in [0.1, 0.15) is 12.3 Å². The van der Waals surface area contributed by atoms with E-state index < -0.39 is 23.5 Å². The minimum atomic E-state index is -0.976. The molecule has 20 heavy (non-hydrogen) atoms. The van der Waals surface area contributed by atoms with Crippen LogP contribution in [0, 0.1) is 0 Å². The number of esters is 1. The molecule has 2 unspecified atom stereocenters. The van der Waals surface area contributed by atoms with Gasteiger partial charge in [0, 0.05) is 19.7 Å². The molecule has 1 aliphatic rings. The number of hydrogen-bond donors (Lipinski definition) is 2. The Morgan fingerprint density at radius 2 is 2.40 bits per heavy atom. The van der Waals surface area contributed by atoms with Crippen LogP contribution < -0.4 is 0 Å². The smallest absolute Gasteiger partial charge is 0.354 e. The highest BCUT2D eigenvalue weighted by molar-refractivity contribution is 5.87. The van der Waals surface area contributed by atoms with Crippen molar-refractivity contribution in [2.45, 2.75) is 24.9 Å². The van der Waals surface area contributed by atoms with Gasteiger partial charge in [0.2, 0.25) is 0 Å². The predicted molar refractivity (Wildman–Crippen MR) is 71.8 cm³/mol. The van der Waals surface area contributed by atoms with Crippen molar-refractivity contribution in [3.63, 3.8) is 0 Å². The number of aromatic amines is 1. The molecule has 0 saturated carbocycles. The average molecular weight is 279 g/mol. The van der Waals surface area contributed by atoms with Crippen LogP contribution in [0.3, 0.4) is 0 Å². The highest BCUT2D eigenvalue weighted by Crippen LogP contribution is 2.25. The number of hydrogen-bond acceptors (Lipinski definition) is 5. The van der Waals surface area contributed by atoms with E-state index in [2.05, 4.69) is 9.98 Å². The third kappa shape index (κ3) is 2.81. The predicted octanol–water partition coefficient (Wildman–Crippen LogP) is 0.747. The van der Waals surface area contributed by atoms with Crippen molar-refractivity contribution in [3.05, 3.63) is 24.0 Å². The Kier molecular flexibility index (Phi) is 3.78. The first-order valence-corrected chi connectivity index (χ1v) is 6.22. The largest absolute Gasteiger partial charge is 0.480 e. The number of ether oxygens (including phenoxy) is 1. The molecule has 1 aliphatic heterocycles. The molecule has 0 spiro atoms. The first-order valence-electron chi connectivity index (χ1n) is 6.22. The van der Waals surface area contributed by atoms with Gasteiger partial charge in [-0.05, 0) is 19.1 Å². The molecule has 0 bridgehead atoms. The SMILES string of the molecule is CN1C=NC(C(=O)O)CC1(C)COC(=O)c1ccc[nH]1. The van der Waals surface area contributed by atoms with Crippen molar-refractivity contribution >= 4 is 18.3 Å². The topological polar surface area (TPSA) is 95.0 Å². The van der Waals surface area contributed by atoms with Crippen LogP contribution in [-0.4, -0.2) is 58.5 Å². The number of H-pyrrole nitrogens is 1. The van der Waals surface area contributed by atoms with Crippen molar-refractivity contribution in [1.29, 1.82) is 0 Å². The van der Waals surface area contributed by atoms with Crippen LogP contribution in [0.4, 0.5) is 0 Å². The van der Waals surface area contributed by atoms with E-state index in [9.17, 15) is 9.59 Å². The number of aromatic nitrogens is 1. The van der Waals surface area contributed by atoms with Gasteiger partial charge in [-0.3, -0.25) is 4.99 Å². The second-order valence-electron chi connectivity index (χ2n) is 5.09. The van der Waals surface area contributed by atoms with Crippen molar-refractivity contribution in [2.75, 3.05) is 13.7 Å². The molecule has 0 saturated heterocycles. The number of carbonyl (C=O) groups excluding carboxylic acids is 1. The Morgan fingerprint density at radius 3 is 3.00 bits per heavy atom. The van der Waals surface area contributed by atoms with Gasteiger partial charge in [-0.25, -0.2) is 9.59 Å². The van der Waals surface area contributed by atoms with Crippen molar-refractivity contribution < 1.29 is 19.4 Å². The number of aliphatic imine (C=N–C) groups is 1. The molecule has 2 atom stereocenters. The number of nitrogens with zero attached hydrogens (tertiary/aromatic N) is 2. The Balaban J connectivity index is 2.01. The van der Waals surface area contributed by atoms with E-state index in [-0.39, 0.29) is 13.0 Å². The molecule has 7 nitrogen and oxygen atoms in total. The summed E-state index contributed by atoms with van der Waals surface area (Å²) in [6, 6.07) is 2.52. The van der Waals surface area contributed by atoms with Gasteiger partial charge in [0.15, 0.2) is 6.04 Å². The van der Waals surface area contributed by atoms with E-state index >= 15 is 0 Å². The molecular weight excluding hydrogens is 262 g/mol. The van der Waals surface area contributed by atoms with Gasteiger partial charge in [-0.1, -0.05) is 0 Å². The van der Waals surface area contributed by atoms with Crippen molar-refractivity contribution in [2.24, 2.45) is 4.99 Å². The molecule has 2 N–H and O–H groups in total. The molecular formula is C13H17N3O4. The number of likely N-dealkylation sites (N-methyl/N-ethyl adjacent to an activating group) is 1. The van der Waals surface area contributed by atoms with E-state index in [0.29, 0.717) is 5.69 Å². The Labute approximate surface area is 116 Å². The third-order valence-corrected chi connectivity index (χ3v) is 3.52. The quantitative estimate of drug-likeness (QED) is 0.793. The lowest BCUT2D eigenvalue weighted by Crippen LogP contribution is -2.53. The second-order valence-corrected chi connectivity index (χ2v) is 5.09. The molecule has 0 aliphatic carbocycles. The van der Waals surface area contributed by atoms with Crippen LogP contribution in [0.1, 0.15) is 23.8 Å². The second kappa shape index (κ2) is 5.36. The summed E-state index contributed by atoms with van der Waals surface area (Å²) >= 11 is 0. The molecule has 108 valence electrons. The Morgan fingerprint density at radius 1 is 1.65 bits per heavy atom. The summed E-state index contributed by atoms with van der Waals surface area (Å²) in [5.74, 6) is -1.43. The molecule has 0 fully saturated rings. The lowest BCUT2D eigenvalue weighted by Gasteiger charge is -2.41. The van der Waals surface area contributed by atoms with Crippen molar-refractivity contribution in [3.8, 4) is 0 Å². The van der Waals surface area contributed by atoms with Crippen LogP contribution >= 0.6 is 0 Å². The van der Waals surface area contributed by atoms with Gasteiger partial charge in [-0.2, -0.15) is 0 Å². The lowest BCUT2D eigenvalue weighted by atomic mass is 9.91. The van der Waals surface area contributed by atoms with Crippen LogP contribution in [-0.2, 0) is 9.53 Å². The number of carboxylic acids is 1. The molecule has 7 heteroatoms. The van der Waals surface area contributed by atoms with Gasteiger partial charge < -0.3 is 19.7 Å². The normalized spacial score (nSPS) is 25.5. The minimum absolute atomic E-state index is 0.0944. The molecule has 0 aromatic carbocycles. The number of carboxylic acid groups (broad SMARTS) is 1. The standard InChI is InChI=1S/C13H17N3O4/c1-13(6-10(11(17)18)15-8-16(13)2)7-20-12(19)9-4-3-5-14-9/h3-5,8,10,14H,6-7H2,1-2H3,(H,17,18). The first-order chi connectivity index (χ1) is 9.42. The number of rotatable bonds is 4. The summed E-state index contributed by atoms with van der Waals surface area (Å²) in [6.45, 7) is 1.94. The zero-order valence-electron chi connectivity index (χ0n) is 11.4. The fourth-order valence-corrected chi connectivity index (χ4v) is 2.00. The third-order valence-electron chi connectivity index (χ3n) is 3.52. The highest BCUT2D eigenvalue weighted by Gasteiger charge is 2.38. The molecule has 1 aromatic heterocycles. The van der Waals surface area contributed by atoms with Crippen LogP contribution in [0.5, 0.6) is 0 Å². The summed E-state index contributed by atoms with van der Waals surface area (Å²) in [6.07, 6.45) is 3.40. The van der Waals surface area contributed by atoms with E-state index in [4.69, 9.17) is 9.84 Å². The molecule has 1 aromatic rings. The summed E-state index contributed by atoms with van der Waals surface area (Å²) in [4.78, 5) is 31.3. The average Bonchev–Trinajstić information content (AvgIpc) is 2.93. The zero-order valence-corrected chi connectivity index (χ0v) is 11.4. The Hall–Kier alpha value is -2.31. The van der Waals surface area contributed by atoms with E-state index in [1.165, 1.54) is 6.34 Å². The fourth-order valence-electron chi connectivity index (χ4n) is 2.00. The van der Waals surface area contributed by atoms with E-state index in [1.807, 2.05) is 6.92 Å². The minimum Gasteiger partial charge on any atom is -0.480 e. The van der Waals surface area contributed by atoms with Crippen LogP contribution in [0.15, 0.2) is 23.3 Å². The molecule has 2 heterocycles. The Bertz CT molecular complexity index is 526. The van der Waals surface area contributed by atoms with Gasteiger partial charge in [0.25, 0.3) is 0 Å². The monoisotopic (exact) mass is 279 g/mol. The summed E-state index contributed by atoms with van der Waals surface area (Å²) in [5.41, 5.74) is -0.219. The fraction of sp³-hybridized carbons (Fsp3) is 0.462. The zero-order chi connectivity index (χ0) is 14.8. The van der Waals surface area contributed by atoms with Gasteiger partial charge >= 0.3 is 11.9 Å². The maximum Gasteiger partial charge on any atom is 0.354 e. The van der Waals surface area contributed by atoms with Crippen LogP contribution in [0.25, 0.3) is 0 Å². The molecule has 2 rings (SSSR count). The van der Waals surface area contributed by atoms with Crippen molar-refractivity contribution in [1.82, 2.24) is 9.88 Å². The van der Waals surface area contributed by atoms with E-state index in [0.717, 1.165) is 0 Å². The first kappa shape index (κ1) is 14.1. The summed E-state index contributed by atoms with van der Waals surface area (Å²) in [7, 11) is 1.78. The van der Waals surface area contributed by atoms with Gasteiger partial charge in [-0.15, -0.1) is 0 Å². The summed E-state index contributed by atoms with van der Waals surface area (Å²) < 4.78 is 5.26. The lowest BCUT2D eigenvalue weighted by molar-refractivity contribution is -0.139. The number of nitrogens with one attached hydrogen (secondary N) is 1. The van der Waals surface area contributed by atoms with Gasteiger partial charge in [0.05, 0.1) is 11.9 Å². The number of aliphatic carboxylic acids is 1. The molecule has 0 radical (unpaired) electrons. The molecule has 0 amide bonds. The highest BCUT2D eigenvalue weighted by atomic mass is 16.5.